The first-order valence-corrected chi connectivity index (χ1v) is 9.17. The highest BCUT2D eigenvalue weighted by molar-refractivity contribution is 7.89. The summed E-state index contributed by atoms with van der Waals surface area (Å²) in [5, 5.41) is 0. The van der Waals surface area contributed by atoms with Gasteiger partial charge in [0.05, 0.1) is 11.7 Å². The van der Waals surface area contributed by atoms with Crippen LogP contribution in [0.5, 0.6) is 0 Å². The summed E-state index contributed by atoms with van der Waals surface area (Å²) in [4.78, 5) is 0.237. The molecule has 2 aromatic rings. The molecule has 1 saturated heterocycles. The van der Waals surface area contributed by atoms with Crippen LogP contribution in [0.1, 0.15) is 26.2 Å². The summed E-state index contributed by atoms with van der Waals surface area (Å²) >= 11 is 1.03. The highest BCUT2D eigenvalue weighted by Gasteiger charge is 2.36. The van der Waals surface area contributed by atoms with Gasteiger partial charge in [-0.3, -0.25) is 0 Å². The fraction of sp³-hybridized carbons (Fsp3) is 0.538. The lowest BCUT2D eigenvalue weighted by Crippen LogP contribution is -2.51. The molecule has 1 aromatic carbocycles. The summed E-state index contributed by atoms with van der Waals surface area (Å²) < 4.78 is 35.9. The summed E-state index contributed by atoms with van der Waals surface area (Å²) in [6.45, 7) is 2.38. The van der Waals surface area contributed by atoms with Crippen LogP contribution in [-0.4, -0.2) is 40.1 Å². The lowest BCUT2D eigenvalue weighted by molar-refractivity contribution is 0.227. The molecule has 1 aliphatic rings. The molecule has 1 aromatic heterocycles. The normalized spacial score (nSPS) is 22.5. The van der Waals surface area contributed by atoms with Gasteiger partial charge in [0.1, 0.15) is 15.9 Å². The van der Waals surface area contributed by atoms with Gasteiger partial charge in [-0.1, -0.05) is 12.5 Å². The van der Waals surface area contributed by atoms with Gasteiger partial charge in [0.15, 0.2) is 0 Å². The van der Waals surface area contributed by atoms with Gasteiger partial charge >= 0.3 is 0 Å². The Bertz CT molecular complexity index is 741. The van der Waals surface area contributed by atoms with Crippen molar-refractivity contribution in [2.24, 2.45) is 5.73 Å². The minimum Gasteiger partial charge on any atom is -0.326 e. The van der Waals surface area contributed by atoms with Gasteiger partial charge in [-0.05, 0) is 31.9 Å². The number of rotatable bonds is 3. The van der Waals surface area contributed by atoms with Gasteiger partial charge in [-0.25, -0.2) is 8.42 Å². The largest absolute Gasteiger partial charge is 0.326 e. The zero-order chi connectivity index (χ0) is 15.0. The molecule has 0 saturated carbocycles. The van der Waals surface area contributed by atoms with E-state index in [0.29, 0.717) is 17.6 Å². The number of nitrogens with zero attached hydrogens (tertiary/aromatic N) is 3. The number of sulfonamides is 1. The van der Waals surface area contributed by atoms with Crippen LogP contribution in [-0.2, 0) is 10.0 Å². The molecule has 0 amide bonds. The molecule has 0 aliphatic carbocycles. The fourth-order valence-electron chi connectivity index (χ4n) is 2.87. The molecule has 6 nitrogen and oxygen atoms in total. The van der Waals surface area contributed by atoms with Crippen LogP contribution in [0.4, 0.5) is 0 Å². The molecule has 0 bridgehead atoms. The molecule has 21 heavy (non-hydrogen) atoms. The molecule has 1 aliphatic heterocycles. The van der Waals surface area contributed by atoms with Crippen molar-refractivity contribution in [1.29, 1.82) is 0 Å². The minimum absolute atomic E-state index is 0.148. The van der Waals surface area contributed by atoms with Crippen LogP contribution in [0.25, 0.3) is 11.0 Å². The molecule has 8 heteroatoms. The summed E-state index contributed by atoms with van der Waals surface area (Å²) in [5.74, 6) is 0. The smallest absolute Gasteiger partial charge is 0.245 e. The Hall–Kier alpha value is -1.09. The van der Waals surface area contributed by atoms with E-state index >= 15 is 0 Å². The second-order valence-corrected chi connectivity index (χ2v) is 7.81. The molecular formula is C13H18N4O2S2. The predicted molar refractivity (Wildman–Crippen MR) is 82.6 cm³/mol. The maximum atomic E-state index is 13.0. The van der Waals surface area contributed by atoms with Crippen molar-refractivity contribution in [2.75, 3.05) is 6.54 Å². The number of aromatic nitrogens is 2. The van der Waals surface area contributed by atoms with Gasteiger partial charge < -0.3 is 5.73 Å². The number of hydrogen-bond acceptors (Lipinski definition) is 6. The zero-order valence-electron chi connectivity index (χ0n) is 11.8. The van der Waals surface area contributed by atoms with E-state index in [-0.39, 0.29) is 17.0 Å². The molecule has 2 atom stereocenters. The number of benzene rings is 1. The lowest BCUT2D eigenvalue weighted by atomic mass is 10.00. The second-order valence-electron chi connectivity index (χ2n) is 5.43. The average Bonchev–Trinajstić information content (AvgIpc) is 2.95. The van der Waals surface area contributed by atoms with Gasteiger partial charge in [-0.2, -0.15) is 13.1 Å². The van der Waals surface area contributed by atoms with Crippen molar-refractivity contribution in [3.63, 3.8) is 0 Å². The first-order chi connectivity index (χ1) is 10.0. The third kappa shape index (κ3) is 2.57. The molecular weight excluding hydrogens is 308 g/mol. The Labute approximate surface area is 128 Å². The van der Waals surface area contributed by atoms with E-state index in [0.717, 1.165) is 31.0 Å². The van der Waals surface area contributed by atoms with Gasteiger partial charge in [0.25, 0.3) is 0 Å². The van der Waals surface area contributed by atoms with Crippen LogP contribution < -0.4 is 5.73 Å². The van der Waals surface area contributed by atoms with Crippen LogP contribution in [0, 0.1) is 0 Å². The van der Waals surface area contributed by atoms with Crippen molar-refractivity contribution in [1.82, 2.24) is 13.1 Å². The molecule has 2 unspecified atom stereocenters. The predicted octanol–water partition coefficient (Wildman–Crippen LogP) is 1.58. The molecule has 2 heterocycles. The third-order valence-corrected chi connectivity index (χ3v) is 6.44. The summed E-state index contributed by atoms with van der Waals surface area (Å²) in [6, 6.07) is 4.75. The number of piperidine rings is 1. The Kier molecular flexibility index (Phi) is 3.96. The number of hydrogen-bond donors (Lipinski definition) is 1. The number of nitrogens with two attached hydrogens (primary N) is 1. The van der Waals surface area contributed by atoms with E-state index in [1.54, 1.807) is 22.5 Å². The average molecular weight is 326 g/mol. The molecule has 0 spiro atoms. The highest BCUT2D eigenvalue weighted by atomic mass is 32.2. The maximum Gasteiger partial charge on any atom is 0.245 e. The van der Waals surface area contributed by atoms with E-state index in [4.69, 9.17) is 5.73 Å². The van der Waals surface area contributed by atoms with Gasteiger partial charge in [0.2, 0.25) is 10.0 Å². The maximum absolute atomic E-state index is 13.0. The summed E-state index contributed by atoms with van der Waals surface area (Å²) in [6.07, 6.45) is 2.69. The Morgan fingerprint density at radius 1 is 1.38 bits per heavy atom. The standard InChI is InChI=1S/C13H18N4O2S2/c1-9(14)11-6-2-3-8-17(11)21(18,19)12-7-4-5-10-13(12)16-20-15-10/h4-5,7,9,11H,2-3,6,8,14H2,1H3. The van der Waals surface area contributed by atoms with Crippen LogP contribution >= 0.6 is 11.7 Å². The first kappa shape index (κ1) is 14.8. The SMILES string of the molecule is CC(N)C1CCCCN1S(=O)(=O)c1cccc2nsnc12. The topological polar surface area (TPSA) is 89.2 Å². The van der Waals surface area contributed by atoms with Crippen molar-refractivity contribution >= 4 is 32.8 Å². The van der Waals surface area contributed by atoms with Crippen LogP contribution in [0.15, 0.2) is 23.1 Å². The molecule has 0 radical (unpaired) electrons. The molecule has 2 N–H and O–H groups in total. The summed E-state index contributed by atoms with van der Waals surface area (Å²) in [5.41, 5.74) is 7.07. The van der Waals surface area contributed by atoms with E-state index in [1.165, 1.54) is 0 Å². The van der Waals surface area contributed by atoms with Crippen molar-refractivity contribution in [3.8, 4) is 0 Å². The monoisotopic (exact) mass is 326 g/mol. The second kappa shape index (κ2) is 5.60. The third-order valence-electron chi connectivity index (χ3n) is 3.94. The van der Waals surface area contributed by atoms with Gasteiger partial charge in [-0.15, -0.1) is 0 Å². The van der Waals surface area contributed by atoms with E-state index < -0.39 is 10.0 Å². The van der Waals surface area contributed by atoms with Crippen molar-refractivity contribution < 1.29 is 8.42 Å². The fourth-order valence-corrected chi connectivity index (χ4v) is 5.40. The first-order valence-electron chi connectivity index (χ1n) is 7.00. The Balaban J connectivity index is 2.09. The van der Waals surface area contributed by atoms with Crippen LogP contribution in [0.2, 0.25) is 0 Å². The molecule has 114 valence electrons. The number of fused-ring (bicyclic) bond motifs is 1. The van der Waals surface area contributed by atoms with Crippen molar-refractivity contribution in [3.05, 3.63) is 18.2 Å². The van der Waals surface area contributed by atoms with Gasteiger partial charge in [0, 0.05) is 18.6 Å². The van der Waals surface area contributed by atoms with E-state index in [1.807, 2.05) is 6.92 Å². The Morgan fingerprint density at radius 3 is 2.95 bits per heavy atom. The molecule has 3 rings (SSSR count). The van der Waals surface area contributed by atoms with Crippen molar-refractivity contribution in [2.45, 2.75) is 43.2 Å². The lowest BCUT2D eigenvalue weighted by Gasteiger charge is -2.36. The minimum atomic E-state index is -3.60. The van der Waals surface area contributed by atoms with Crippen LogP contribution in [0.3, 0.4) is 0 Å². The Morgan fingerprint density at radius 2 is 2.19 bits per heavy atom. The zero-order valence-corrected chi connectivity index (χ0v) is 13.4. The van der Waals surface area contributed by atoms with E-state index in [9.17, 15) is 8.42 Å². The quantitative estimate of drug-likeness (QED) is 0.925. The molecule has 1 fully saturated rings. The summed E-state index contributed by atoms with van der Waals surface area (Å²) in [7, 11) is -3.60. The van der Waals surface area contributed by atoms with E-state index in [2.05, 4.69) is 8.75 Å². The highest BCUT2D eigenvalue weighted by Crippen LogP contribution is 2.30.